The van der Waals surface area contributed by atoms with Crippen LogP contribution in [0.15, 0.2) is 66.9 Å². The molecule has 0 saturated heterocycles. The number of fused-ring (bicyclic) bond motifs is 3. The van der Waals surface area contributed by atoms with Crippen molar-refractivity contribution >= 4 is 22.9 Å². The second kappa shape index (κ2) is 8.04. The molecule has 0 saturated carbocycles. The van der Waals surface area contributed by atoms with Crippen LogP contribution in [0.4, 0.5) is 14.5 Å². The number of nitrogens with zero attached hydrogens (tertiary/aromatic N) is 1. The zero-order valence-electron chi connectivity index (χ0n) is 16.5. The van der Waals surface area contributed by atoms with Gasteiger partial charge in [0, 0.05) is 16.6 Å². The lowest BCUT2D eigenvalue weighted by Gasteiger charge is -2.09. The monoisotopic (exact) mass is 432 g/mol. The van der Waals surface area contributed by atoms with Crippen molar-refractivity contribution in [2.24, 2.45) is 0 Å². The lowest BCUT2D eigenvalue weighted by atomic mass is 9.99. The molecule has 2 aromatic carbocycles. The fraction of sp³-hybridized carbons (Fsp3) is 0.120. The van der Waals surface area contributed by atoms with Gasteiger partial charge in [0.2, 0.25) is 0 Å². The van der Waals surface area contributed by atoms with Crippen LogP contribution in [0, 0.1) is 11.6 Å². The summed E-state index contributed by atoms with van der Waals surface area (Å²) in [5, 5.41) is 2.39. The topological polar surface area (TPSA) is 42.0 Å². The third-order valence-electron chi connectivity index (χ3n) is 5.44. The SMILES string of the molecule is O=C(Nc1c(F)cccc1F)c1cc2c(s1)-c1cc(-c3ccccn3)ccc1CCC2. The number of carbonyl (C=O) groups excluding carboxylic acids is 1. The minimum absolute atomic E-state index is 0.422. The maximum atomic E-state index is 14.0. The van der Waals surface area contributed by atoms with E-state index in [1.807, 2.05) is 24.3 Å². The Bertz CT molecular complexity index is 1260. The van der Waals surface area contributed by atoms with Crippen molar-refractivity contribution in [1.82, 2.24) is 4.98 Å². The number of aryl methyl sites for hydroxylation is 2. The zero-order chi connectivity index (χ0) is 21.4. The van der Waals surface area contributed by atoms with E-state index in [1.165, 1.54) is 23.0 Å². The summed E-state index contributed by atoms with van der Waals surface area (Å²) in [6.45, 7) is 0. The summed E-state index contributed by atoms with van der Waals surface area (Å²) in [5.74, 6) is -2.10. The van der Waals surface area contributed by atoms with Crippen LogP contribution in [0.2, 0.25) is 0 Å². The van der Waals surface area contributed by atoms with Gasteiger partial charge in [0.05, 0.1) is 10.6 Å². The molecule has 1 aliphatic carbocycles. The molecule has 2 heterocycles. The van der Waals surface area contributed by atoms with Crippen molar-refractivity contribution in [2.45, 2.75) is 19.3 Å². The van der Waals surface area contributed by atoms with Crippen molar-refractivity contribution < 1.29 is 13.6 Å². The number of aromatic nitrogens is 1. The van der Waals surface area contributed by atoms with Crippen LogP contribution in [0.1, 0.15) is 27.2 Å². The molecular formula is C25H18F2N2OS. The Morgan fingerprint density at radius 2 is 1.74 bits per heavy atom. The third kappa shape index (κ3) is 3.75. The molecule has 0 aliphatic heterocycles. The summed E-state index contributed by atoms with van der Waals surface area (Å²) >= 11 is 1.36. The molecule has 1 amide bonds. The van der Waals surface area contributed by atoms with Gasteiger partial charge in [-0.1, -0.05) is 24.3 Å². The number of benzene rings is 2. The van der Waals surface area contributed by atoms with Gasteiger partial charge in [-0.15, -0.1) is 11.3 Å². The maximum absolute atomic E-state index is 14.0. The Hall–Kier alpha value is -3.38. The molecule has 154 valence electrons. The Morgan fingerprint density at radius 1 is 0.935 bits per heavy atom. The van der Waals surface area contributed by atoms with E-state index in [-0.39, 0.29) is 0 Å². The second-order valence-corrected chi connectivity index (χ2v) is 8.51. The minimum Gasteiger partial charge on any atom is -0.316 e. The standard InChI is InChI=1S/C25H18F2N2OS/c26-19-7-4-8-20(27)23(19)29-25(30)22-14-17-6-3-5-15-10-11-16(13-18(15)24(17)31-22)21-9-1-2-12-28-21/h1-2,4,7-14H,3,5-6H2,(H,29,30). The van der Waals surface area contributed by atoms with Crippen LogP contribution in [-0.4, -0.2) is 10.9 Å². The second-order valence-electron chi connectivity index (χ2n) is 7.46. The first kappa shape index (κ1) is 19.6. The molecule has 0 radical (unpaired) electrons. The smallest absolute Gasteiger partial charge is 0.265 e. The maximum Gasteiger partial charge on any atom is 0.265 e. The van der Waals surface area contributed by atoms with E-state index in [4.69, 9.17) is 0 Å². The molecule has 0 bridgehead atoms. The average molecular weight is 432 g/mol. The highest BCUT2D eigenvalue weighted by molar-refractivity contribution is 7.17. The Morgan fingerprint density at radius 3 is 2.52 bits per heavy atom. The van der Waals surface area contributed by atoms with Crippen molar-refractivity contribution in [3.63, 3.8) is 0 Å². The molecular weight excluding hydrogens is 414 g/mol. The molecule has 0 atom stereocenters. The molecule has 4 aromatic rings. The molecule has 1 aliphatic rings. The largest absolute Gasteiger partial charge is 0.316 e. The number of carbonyl (C=O) groups is 1. The summed E-state index contributed by atoms with van der Waals surface area (Å²) in [4.78, 5) is 18.7. The number of halogens is 2. The molecule has 0 unspecified atom stereocenters. The van der Waals surface area contributed by atoms with E-state index in [2.05, 4.69) is 28.5 Å². The number of anilines is 1. The van der Waals surface area contributed by atoms with Crippen LogP contribution in [0.3, 0.4) is 0 Å². The number of thiophene rings is 1. The quantitative estimate of drug-likeness (QED) is 0.402. The lowest BCUT2D eigenvalue weighted by molar-refractivity contribution is 0.102. The Kier molecular flexibility index (Phi) is 5.08. The van der Waals surface area contributed by atoms with Gasteiger partial charge >= 0.3 is 0 Å². The molecule has 0 spiro atoms. The van der Waals surface area contributed by atoms with E-state index in [1.54, 1.807) is 6.20 Å². The highest BCUT2D eigenvalue weighted by Gasteiger charge is 2.22. The van der Waals surface area contributed by atoms with E-state index < -0.39 is 23.2 Å². The van der Waals surface area contributed by atoms with Crippen molar-refractivity contribution in [1.29, 1.82) is 0 Å². The van der Waals surface area contributed by atoms with Gasteiger partial charge in [0.1, 0.15) is 17.3 Å². The highest BCUT2D eigenvalue weighted by atomic mass is 32.1. The van der Waals surface area contributed by atoms with E-state index in [9.17, 15) is 13.6 Å². The molecule has 0 fully saturated rings. The lowest BCUT2D eigenvalue weighted by Crippen LogP contribution is -2.12. The number of rotatable bonds is 3. The summed E-state index contributed by atoms with van der Waals surface area (Å²) < 4.78 is 27.9. The van der Waals surface area contributed by atoms with Crippen molar-refractivity contribution in [2.75, 3.05) is 5.32 Å². The van der Waals surface area contributed by atoms with E-state index >= 15 is 0 Å². The van der Waals surface area contributed by atoms with Gasteiger partial charge in [-0.25, -0.2) is 8.78 Å². The summed E-state index contributed by atoms with van der Waals surface area (Å²) in [6.07, 6.45) is 4.55. The van der Waals surface area contributed by atoms with E-state index in [0.29, 0.717) is 4.88 Å². The van der Waals surface area contributed by atoms with Crippen LogP contribution in [0.5, 0.6) is 0 Å². The van der Waals surface area contributed by atoms with E-state index in [0.717, 1.165) is 58.7 Å². The minimum atomic E-state index is -0.795. The van der Waals surface area contributed by atoms with Crippen LogP contribution in [0.25, 0.3) is 21.7 Å². The molecule has 5 rings (SSSR count). The van der Waals surface area contributed by atoms with Crippen LogP contribution in [-0.2, 0) is 12.8 Å². The Balaban J connectivity index is 1.53. The first-order valence-corrected chi connectivity index (χ1v) is 10.8. The predicted octanol–water partition coefficient (Wildman–Crippen LogP) is 6.50. The van der Waals surface area contributed by atoms with Gasteiger partial charge in [0.15, 0.2) is 0 Å². The molecule has 6 heteroatoms. The summed E-state index contributed by atoms with van der Waals surface area (Å²) in [6, 6.07) is 17.5. The van der Waals surface area contributed by atoms with Gasteiger partial charge < -0.3 is 5.32 Å². The molecule has 31 heavy (non-hydrogen) atoms. The van der Waals surface area contributed by atoms with Crippen molar-refractivity contribution in [3.05, 3.63) is 94.5 Å². The normalized spacial score (nSPS) is 12.6. The fourth-order valence-electron chi connectivity index (χ4n) is 3.91. The fourth-order valence-corrected chi connectivity index (χ4v) is 5.07. The summed E-state index contributed by atoms with van der Waals surface area (Å²) in [5.41, 5.74) is 4.89. The van der Waals surface area contributed by atoms with Gasteiger partial charge in [-0.2, -0.15) is 0 Å². The average Bonchev–Trinajstić information content (AvgIpc) is 3.14. The predicted molar refractivity (Wildman–Crippen MR) is 119 cm³/mol. The van der Waals surface area contributed by atoms with Gasteiger partial charge in [-0.3, -0.25) is 9.78 Å². The van der Waals surface area contributed by atoms with Crippen LogP contribution >= 0.6 is 11.3 Å². The first-order valence-electron chi connectivity index (χ1n) is 10.0. The van der Waals surface area contributed by atoms with Gasteiger partial charge in [0.25, 0.3) is 5.91 Å². The number of para-hydroxylation sites is 1. The van der Waals surface area contributed by atoms with Crippen LogP contribution < -0.4 is 5.32 Å². The van der Waals surface area contributed by atoms with Crippen molar-refractivity contribution in [3.8, 4) is 21.7 Å². The number of amides is 1. The summed E-state index contributed by atoms with van der Waals surface area (Å²) in [7, 11) is 0. The Labute approximate surface area is 182 Å². The zero-order valence-corrected chi connectivity index (χ0v) is 17.3. The highest BCUT2D eigenvalue weighted by Crippen LogP contribution is 2.40. The molecule has 3 nitrogen and oxygen atoms in total. The number of hydrogen-bond donors (Lipinski definition) is 1. The molecule has 2 aromatic heterocycles. The number of nitrogens with one attached hydrogen (secondary N) is 1. The number of hydrogen-bond acceptors (Lipinski definition) is 3. The molecule has 1 N–H and O–H groups in total. The first-order chi connectivity index (χ1) is 15.1. The van der Waals surface area contributed by atoms with Gasteiger partial charge in [-0.05, 0) is 72.4 Å². The number of pyridine rings is 1. The third-order valence-corrected chi connectivity index (χ3v) is 6.65.